The number of aliphatic carboxylic acids is 1. The number of fused-ring (bicyclic) bond motifs is 1. The number of carboxylic acid groups (broad SMARTS) is 1. The summed E-state index contributed by atoms with van der Waals surface area (Å²) in [6, 6.07) is 10.5. The zero-order valence-electron chi connectivity index (χ0n) is 15.9. The van der Waals surface area contributed by atoms with Crippen molar-refractivity contribution in [1.82, 2.24) is 30.5 Å². The van der Waals surface area contributed by atoms with Gasteiger partial charge < -0.3 is 10.4 Å². The lowest BCUT2D eigenvalue weighted by Crippen LogP contribution is -2.35. The van der Waals surface area contributed by atoms with E-state index in [1.807, 2.05) is 42.7 Å². The van der Waals surface area contributed by atoms with E-state index in [0.717, 1.165) is 37.2 Å². The second-order valence-electron chi connectivity index (χ2n) is 6.78. The molecule has 0 fully saturated rings. The van der Waals surface area contributed by atoms with Crippen molar-refractivity contribution in [3.8, 4) is 5.69 Å². The van der Waals surface area contributed by atoms with Gasteiger partial charge in [-0.3, -0.25) is 5.10 Å². The van der Waals surface area contributed by atoms with Crippen LogP contribution in [0.2, 0.25) is 0 Å². The lowest BCUT2D eigenvalue weighted by Gasteiger charge is -2.22. The van der Waals surface area contributed by atoms with E-state index in [0.29, 0.717) is 6.04 Å². The summed E-state index contributed by atoms with van der Waals surface area (Å²) in [6.45, 7) is 0.918. The molecule has 2 aromatic heterocycles. The minimum absolute atomic E-state index is 0.520. The van der Waals surface area contributed by atoms with Gasteiger partial charge in [0, 0.05) is 31.1 Å². The molecule has 3 aromatic rings. The molecule has 160 valence electrons. The van der Waals surface area contributed by atoms with Crippen LogP contribution in [0.3, 0.4) is 0 Å². The Morgan fingerprint density at radius 3 is 2.70 bits per heavy atom. The minimum atomic E-state index is -5.08. The van der Waals surface area contributed by atoms with Crippen molar-refractivity contribution in [3.63, 3.8) is 0 Å². The fraction of sp³-hybridized carbons (Fsp3) is 0.368. The first kappa shape index (κ1) is 21.5. The number of nitrogens with zero attached hydrogens (tertiary/aromatic N) is 4. The fourth-order valence-corrected chi connectivity index (χ4v) is 3.08. The molecule has 1 atom stereocenters. The van der Waals surface area contributed by atoms with Crippen LogP contribution >= 0.6 is 0 Å². The second-order valence-corrected chi connectivity index (χ2v) is 6.78. The number of halogens is 3. The fourth-order valence-electron chi connectivity index (χ4n) is 3.08. The summed E-state index contributed by atoms with van der Waals surface area (Å²) < 4.78 is 31.7. The summed E-state index contributed by atoms with van der Waals surface area (Å²) in [6.07, 6.45) is 2.91. The van der Waals surface area contributed by atoms with Crippen molar-refractivity contribution in [2.45, 2.75) is 37.9 Å². The number of hydrogen-bond acceptors (Lipinski definition) is 5. The van der Waals surface area contributed by atoms with Crippen molar-refractivity contribution in [2.75, 3.05) is 6.54 Å². The van der Waals surface area contributed by atoms with Gasteiger partial charge in [0.1, 0.15) is 0 Å². The van der Waals surface area contributed by atoms with Crippen LogP contribution < -0.4 is 5.32 Å². The van der Waals surface area contributed by atoms with Crippen LogP contribution in [0, 0.1) is 0 Å². The van der Waals surface area contributed by atoms with E-state index >= 15 is 0 Å². The van der Waals surface area contributed by atoms with Gasteiger partial charge in [0.05, 0.1) is 23.8 Å². The maximum Gasteiger partial charge on any atom is 0.490 e. The van der Waals surface area contributed by atoms with Crippen molar-refractivity contribution < 1.29 is 23.1 Å². The lowest BCUT2D eigenvalue weighted by molar-refractivity contribution is -0.192. The Hall–Kier alpha value is -3.21. The highest BCUT2D eigenvalue weighted by atomic mass is 19.4. The average molecular weight is 422 g/mol. The molecule has 1 aromatic carbocycles. The summed E-state index contributed by atoms with van der Waals surface area (Å²) in [5.74, 6) is -2.76. The number of hydrogen-bond donors (Lipinski definition) is 3. The number of aromatic nitrogens is 5. The first-order valence-corrected chi connectivity index (χ1v) is 9.34. The number of alkyl halides is 3. The molecule has 3 N–H and O–H groups in total. The van der Waals surface area contributed by atoms with Gasteiger partial charge in [-0.05, 0) is 30.5 Å². The molecule has 30 heavy (non-hydrogen) atoms. The molecule has 0 aliphatic heterocycles. The molecule has 1 unspecified atom stereocenters. The van der Waals surface area contributed by atoms with Crippen LogP contribution in [0.4, 0.5) is 13.2 Å². The molecule has 0 saturated heterocycles. The highest BCUT2D eigenvalue weighted by molar-refractivity contribution is 5.73. The van der Waals surface area contributed by atoms with Crippen LogP contribution in [0.1, 0.15) is 23.4 Å². The maximum absolute atomic E-state index is 10.6. The van der Waals surface area contributed by atoms with Gasteiger partial charge in [0.25, 0.3) is 0 Å². The van der Waals surface area contributed by atoms with Crippen LogP contribution in [-0.4, -0.2) is 55.0 Å². The largest absolute Gasteiger partial charge is 0.490 e. The zero-order chi connectivity index (χ0) is 21.6. The van der Waals surface area contributed by atoms with E-state index < -0.39 is 12.1 Å². The quantitative estimate of drug-likeness (QED) is 0.582. The number of aromatic amines is 1. The molecule has 0 bridgehead atoms. The molecule has 1 aliphatic carbocycles. The first-order valence-electron chi connectivity index (χ1n) is 9.34. The van der Waals surface area contributed by atoms with Crippen LogP contribution in [-0.2, 0) is 24.1 Å². The Morgan fingerprint density at radius 1 is 1.27 bits per heavy atom. The highest BCUT2D eigenvalue weighted by Gasteiger charge is 2.38. The normalized spacial score (nSPS) is 15.8. The molecule has 0 spiro atoms. The van der Waals surface area contributed by atoms with Gasteiger partial charge in [-0.15, -0.1) is 0 Å². The van der Waals surface area contributed by atoms with Gasteiger partial charge in [-0.2, -0.15) is 33.3 Å². The molecule has 1 aliphatic rings. The smallest absolute Gasteiger partial charge is 0.475 e. The minimum Gasteiger partial charge on any atom is -0.475 e. The third-order valence-electron chi connectivity index (χ3n) is 4.60. The molecule has 2 heterocycles. The van der Waals surface area contributed by atoms with Gasteiger partial charge in [-0.25, -0.2) is 4.79 Å². The molecule has 0 radical (unpaired) electrons. The van der Waals surface area contributed by atoms with E-state index in [-0.39, 0.29) is 0 Å². The molecule has 0 amide bonds. The molecular weight excluding hydrogens is 401 g/mol. The zero-order valence-corrected chi connectivity index (χ0v) is 15.9. The summed E-state index contributed by atoms with van der Waals surface area (Å²) in [4.78, 5) is 10.6. The number of H-pyrrole nitrogens is 1. The predicted molar refractivity (Wildman–Crippen MR) is 101 cm³/mol. The van der Waals surface area contributed by atoms with Crippen molar-refractivity contribution in [1.29, 1.82) is 0 Å². The Balaban J connectivity index is 0.000000318. The molecular formula is C19H21F3N6O2. The van der Waals surface area contributed by atoms with E-state index in [9.17, 15) is 13.2 Å². The predicted octanol–water partition coefficient (Wildman–Crippen LogP) is 2.31. The Kier molecular flexibility index (Phi) is 6.83. The van der Waals surface area contributed by atoms with Gasteiger partial charge in [0.2, 0.25) is 0 Å². The lowest BCUT2D eigenvalue weighted by atomic mass is 9.94. The monoisotopic (exact) mass is 422 g/mol. The molecule has 11 heteroatoms. The van der Waals surface area contributed by atoms with Crippen molar-refractivity contribution in [3.05, 3.63) is 59.7 Å². The summed E-state index contributed by atoms with van der Waals surface area (Å²) in [5.41, 5.74) is 4.66. The Morgan fingerprint density at radius 2 is 2.00 bits per heavy atom. The summed E-state index contributed by atoms with van der Waals surface area (Å²) in [7, 11) is 0. The third kappa shape index (κ3) is 5.89. The number of carboxylic acids is 1. The van der Waals surface area contributed by atoms with E-state index in [1.165, 1.54) is 17.7 Å². The number of benzene rings is 1. The summed E-state index contributed by atoms with van der Waals surface area (Å²) >= 11 is 0. The van der Waals surface area contributed by atoms with Crippen molar-refractivity contribution >= 4 is 5.97 Å². The number of nitrogens with one attached hydrogen (secondary N) is 2. The Bertz CT molecular complexity index is 955. The number of carbonyl (C=O) groups is 1. The SMILES string of the molecule is O=C(O)C(F)(F)F.c1ccc(-n2ncc(CCNC3CCc4cn[nH]c4C3)n2)cc1. The standard InChI is InChI=1S/C17H20N6.C2HF3O2/c1-2-4-16(5-3-1)23-20-12-15(22-23)8-9-18-14-7-6-13-11-19-21-17(13)10-14;3-2(4,5)1(6)7/h1-5,11-12,14,18H,6-10H2,(H,19,21);(H,6,7). The van der Waals surface area contributed by atoms with Gasteiger partial charge >= 0.3 is 12.1 Å². The molecule has 4 rings (SSSR count). The third-order valence-corrected chi connectivity index (χ3v) is 4.60. The maximum atomic E-state index is 10.6. The number of rotatable bonds is 5. The Labute approximate surface area is 170 Å². The van der Waals surface area contributed by atoms with Crippen LogP contribution in [0.25, 0.3) is 5.69 Å². The number of para-hydroxylation sites is 1. The van der Waals surface area contributed by atoms with Gasteiger partial charge in [-0.1, -0.05) is 18.2 Å². The molecule has 0 saturated carbocycles. The van der Waals surface area contributed by atoms with E-state index in [1.54, 1.807) is 4.80 Å². The second kappa shape index (κ2) is 9.53. The first-order chi connectivity index (χ1) is 14.3. The number of aryl methyl sites for hydroxylation is 1. The topological polar surface area (TPSA) is 109 Å². The van der Waals surface area contributed by atoms with E-state index in [2.05, 4.69) is 25.7 Å². The van der Waals surface area contributed by atoms with E-state index in [4.69, 9.17) is 9.90 Å². The summed E-state index contributed by atoms with van der Waals surface area (Å²) in [5, 5.41) is 26.9. The van der Waals surface area contributed by atoms with Crippen molar-refractivity contribution in [2.24, 2.45) is 0 Å². The van der Waals surface area contributed by atoms with Crippen LogP contribution in [0.5, 0.6) is 0 Å². The van der Waals surface area contributed by atoms with Gasteiger partial charge in [0.15, 0.2) is 0 Å². The highest BCUT2D eigenvalue weighted by Crippen LogP contribution is 2.18. The van der Waals surface area contributed by atoms with Crippen LogP contribution in [0.15, 0.2) is 42.7 Å². The average Bonchev–Trinajstić information content (AvgIpc) is 3.37. The molecule has 8 nitrogen and oxygen atoms in total.